The fourth-order valence-corrected chi connectivity index (χ4v) is 22.5. The minimum absolute atomic E-state index is 0.00907. The van der Waals surface area contributed by atoms with E-state index in [1.165, 1.54) is 64.7 Å². The first kappa shape index (κ1) is 102. The molecule has 17 rings (SSSR count). The van der Waals surface area contributed by atoms with Crippen LogP contribution in [0.4, 0.5) is 57.1 Å². The summed E-state index contributed by atoms with van der Waals surface area (Å²) in [7, 11) is 7.13. The molecule has 5 fully saturated rings. The fraction of sp³-hybridized carbons (Fsp3) is 0.545. The Balaban J connectivity index is 0.000000146. The van der Waals surface area contributed by atoms with E-state index in [9.17, 15) is 85.1 Å². The maximum atomic E-state index is 15.9. The van der Waals surface area contributed by atoms with Crippen molar-refractivity contribution >= 4 is 39.2 Å². The van der Waals surface area contributed by atoms with E-state index in [1.54, 1.807) is 105 Å². The van der Waals surface area contributed by atoms with Gasteiger partial charge in [0.1, 0.15) is 17.6 Å². The summed E-state index contributed by atoms with van der Waals surface area (Å²) in [6.07, 6.45) is -10.4. The number of alkyl halides is 12. The molecule has 1 unspecified atom stereocenters. The molecule has 1 saturated carbocycles. The van der Waals surface area contributed by atoms with Gasteiger partial charge in [-0.15, -0.1) is 0 Å². The number of sulfone groups is 1. The Kier molecular flexibility index (Phi) is 29.3. The van der Waals surface area contributed by atoms with E-state index < -0.39 is 85.2 Å². The summed E-state index contributed by atoms with van der Waals surface area (Å²) >= 11 is 0. The number of aromatic nitrogens is 4. The van der Waals surface area contributed by atoms with Crippen LogP contribution in [0.1, 0.15) is 211 Å². The molecule has 1 aliphatic carbocycles. The summed E-state index contributed by atoms with van der Waals surface area (Å²) < 4.78 is 238. The number of halogens is 13. The van der Waals surface area contributed by atoms with Gasteiger partial charge in [0, 0.05) is 150 Å². The lowest BCUT2D eigenvalue weighted by Crippen LogP contribution is -2.63. The highest BCUT2D eigenvalue weighted by Crippen LogP contribution is 2.53. The Labute approximate surface area is 789 Å². The monoisotopic (exact) mass is 1950 g/mol. The molecule has 4 saturated heterocycles. The SMILES string of the molecule is CC(=O)c1ccc2n1CCN(C)C21CCN(C(=O)c2ccc(OCC3CC3)c(F)c2)CC1.COc1cc(C(=O)N2CCC3(C[C@H]2C)c2ccc(C(F)(F)F)n2CCN3C)ccc1OC(C)C.COc1cc(C(=O)N2CC[C@@]3(c4ccc(C(F)(F)F)n4CCN3C)[C@H](F)C2)ccc1OC(C)C.Cc1cc(C(=O)N2CCC3(CC2)c2ccc(C(F)(F)C(F)(F)F)n2CCN3C)ccc1S(=O)(=O)C(C)C. The fourth-order valence-electron chi connectivity index (χ4n) is 21.2. The van der Waals surface area contributed by atoms with Crippen LogP contribution in [0.2, 0.25) is 0 Å². The first-order chi connectivity index (χ1) is 64.4. The topological polar surface area (TPSA) is 211 Å². The van der Waals surface area contributed by atoms with Crippen LogP contribution in [0.3, 0.4) is 0 Å². The van der Waals surface area contributed by atoms with Gasteiger partial charge in [-0.1, -0.05) is 0 Å². The van der Waals surface area contributed by atoms with Gasteiger partial charge >= 0.3 is 24.5 Å². The second-order valence-corrected chi connectivity index (χ2v) is 40.7. The molecule has 4 spiro atoms. The van der Waals surface area contributed by atoms with E-state index in [0.717, 1.165) is 66.9 Å². The van der Waals surface area contributed by atoms with Crippen LogP contribution in [0.25, 0.3) is 0 Å². The third-order valence-corrected chi connectivity index (χ3v) is 31.4. The molecule has 8 aromatic rings. The number of hydrogen-bond donors (Lipinski definition) is 0. The van der Waals surface area contributed by atoms with Crippen molar-refractivity contribution in [2.45, 2.75) is 227 Å². The lowest BCUT2D eigenvalue weighted by Gasteiger charge is -2.53. The molecule has 4 aromatic carbocycles. The zero-order valence-electron chi connectivity index (χ0n) is 79.8. The molecule has 38 heteroatoms. The van der Waals surface area contributed by atoms with E-state index in [0.29, 0.717) is 145 Å². The molecule has 746 valence electrons. The predicted molar refractivity (Wildman–Crippen MR) is 486 cm³/mol. The average molecular weight is 1950 g/mol. The zero-order valence-corrected chi connectivity index (χ0v) is 80.6. The summed E-state index contributed by atoms with van der Waals surface area (Å²) in [5, 5.41) is -0.603. The number of likely N-dealkylation sites (tertiary alicyclic amines) is 4. The highest BCUT2D eigenvalue weighted by Gasteiger charge is 2.62. The van der Waals surface area contributed by atoms with Crippen LogP contribution in [0.5, 0.6) is 28.7 Å². The maximum absolute atomic E-state index is 15.9. The molecule has 4 aromatic heterocycles. The lowest BCUT2D eigenvalue weighted by molar-refractivity contribution is -0.292. The molecule has 0 N–H and O–H groups in total. The van der Waals surface area contributed by atoms with Crippen molar-refractivity contribution in [1.82, 2.24) is 57.5 Å². The van der Waals surface area contributed by atoms with Crippen LogP contribution >= 0.6 is 0 Å². The van der Waals surface area contributed by atoms with Gasteiger partial charge in [0.05, 0.1) is 83.3 Å². The molecular weight excluding hydrogens is 1830 g/mol. The van der Waals surface area contributed by atoms with E-state index in [2.05, 4.69) is 27.5 Å². The Morgan fingerprint density at radius 2 is 0.861 bits per heavy atom. The molecule has 8 aliphatic heterocycles. The summed E-state index contributed by atoms with van der Waals surface area (Å²) in [6, 6.07) is 30.2. The second-order valence-electron chi connectivity index (χ2n) is 38.2. The number of methoxy groups -OCH3 is 2. The summed E-state index contributed by atoms with van der Waals surface area (Å²) in [4.78, 5) is 80.0. The summed E-state index contributed by atoms with van der Waals surface area (Å²) in [6.45, 7) is 21.9. The standard InChI is InChI=1S/C25H30F5N3O3S.C25H32F3N3O3.C25H30FN3O3.C24H29F4N3O3/c1-16(2)37(35,36)19-6-5-18(15-17(19)3)22(34)32-11-9-23(10-12-32)20-7-8-21(24(26,27)25(28,29)30)33(20)14-13-31(23)4;1-16(2)34-19-7-6-18(14-20(19)33-5)23(32)30-11-10-24(15-17(30)3)21-8-9-22(25(26,27)28)31(21)13-12-29(24)4;1-17(30)21-6-8-23-25(27(2)13-14-29(21)23)9-11-28(12-10-25)24(31)19-5-7-22(20(26)15-19)32-16-18-3-4-18;1-15(2)34-17-6-5-16(13-18(17)33-4)22(32)30-10-9-23(19(25)14-30)20-7-8-21(24(26,27)28)31(20)12-11-29(23)3/h5-8,15-16H,9-14H2,1-4H3;6-9,14,16-17H,10-13,15H2,1-5H3;5-8,15,18H,3-4,9-14,16H2,1-2H3;5-8,13,15,19H,9-12,14H2,1-4H3/t;17-,24?;;19-,23+/m.1.1/s1. The third kappa shape index (κ3) is 19.7. The number of carbonyl (C=O) groups is 5. The second kappa shape index (κ2) is 39.3. The molecule has 4 amide bonds. The zero-order chi connectivity index (χ0) is 99.7. The van der Waals surface area contributed by atoms with Crippen molar-refractivity contribution in [2.24, 2.45) is 5.92 Å². The van der Waals surface area contributed by atoms with Gasteiger partial charge in [-0.3, -0.25) is 43.6 Å². The number of aryl methyl sites for hydroxylation is 1. The highest BCUT2D eigenvalue weighted by atomic mass is 32.2. The van der Waals surface area contributed by atoms with Crippen molar-refractivity contribution < 1.29 is 113 Å². The van der Waals surface area contributed by atoms with Crippen molar-refractivity contribution in [1.29, 1.82) is 0 Å². The number of carbonyl (C=O) groups excluding carboxylic acids is 5. The van der Waals surface area contributed by atoms with Crippen LogP contribution in [0, 0.1) is 18.7 Å². The van der Waals surface area contributed by atoms with Gasteiger partial charge in [0.25, 0.3) is 23.6 Å². The largest absolute Gasteiger partial charge is 0.493 e. The quantitative estimate of drug-likeness (QED) is 0.0613. The van der Waals surface area contributed by atoms with E-state index in [1.807, 2.05) is 69.5 Å². The molecule has 9 aliphatic rings. The number of fused-ring (bicyclic) bond motifs is 8. The van der Waals surface area contributed by atoms with E-state index in [-0.39, 0.29) is 116 Å². The van der Waals surface area contributed by atoms with Crippen molar-refractivity contribution in [2.75, 3.05) is 121 Å². The van der Waals surface area contributed by atoms with Gasteiger partial charge < -0.3 is 61.6 Å². The number of ether oxygens (including phenoxy) is 5. The van der Waals surface area contributed by atoms with Gasteiger partial charge in [-0.05, 0) is 274 Å². The van der Waals surface area contributed by atoms with E-state index >= 15 is 4.39 Å². The van der Waals surface area contributed by atoms with Crippen LogP contribution in [0.15, 0.2) is 126 Å². The molecule has 24 nitrogen and oxygen atoms in total. The number of likely N-dealkylation sites (N-methyl/N-ethyl adjacent to an activating group) is 4. The van der Waals surface area contributed by atoms with Gasteiger partial charge in [0.2, 0.25) is 0 Å². The average Bonchev–Trinajstić information content (AvgIpc) is 1.64. The first-order valence-electron chi connectivity index (χ1n) is 46.4. The Morgan fingerprint density at radius 3 is 1.32 bits per heavy atom. The number of ketones is 1. The lowest BCUT2D eigenvalue weighted by atomic mass is 9.78. The third-order valence-electron chi connectivity index (χ3n) is 29.1. The number of nitrogens with zero attached hydrogens (tertiary/aromatic N) is 12. The van der Waals surface area contributed by atoms with Crippen molar-refractivity contribution in [3.63, 3.8) is 0 Å². The normalized spacial score (nSPS) is 21.4. The van der Waals surface area contributed by atoms with Crippen molar-refractivity contribution in [3.05, 3.63) is 201 Å². The number of rotatable bonds is 17. The first-order valence-corrected chi connectivity index (χ1v) is 48.0. The minimum Gasteiger partial charge on any atom is -0.493 e. The molecule has 12 heterocycles. The van der Waals surface area contributed by atoms with Crippen LogP contribution < -0.4 is 23.7 Å². The highest BCUT2D eigenvalue weighted by molar-refractivity contribution is 7.92. The molecular formula is C99H121F13N12O12S. The Bertz CT molecular complexity index is 5900. The van der Waals surface area contributed by atoms with Gasteiger partial charge in [-0.25, -0.2) is 17.2 Å². The molecule has 0 radical (unpaired) electrons. The number of piperidine rings is 4. The maximum Gasteiger partial charge on any atom is 0.459 e. The van der Waals surface area contributed by atoms with E-state index in [4.69, 9.17) is 23.7 Å². The smallest absolute Gasteiger partial charge is 0.459 e. The number of benzene rings is 4. The summed E-state index contributed by atoms with van der Waals surface area (Å²) in [5.41, 5.74) is 0.145. The number of amides is 4. The van der Waals surface area contributed by atoms with Gasteiger partial charge in [-0.2, -0.15) is 48.3 Å². The minimum atomic E-state index is -5.70. The molecule has 4 atom stereocenters. The van der Waals surface area contributed by atoms with Crippen LogP contribution in [-0.4, -0.2) is 252 Å². The number of Topliss-reactive ketones (excluding diaryl/α,β-unsaturated/α-hetero) is 1. The Morgan fingerprint density at radius 1 is 0.453 bits per heavy atom. The van der Waals surface area contributed by atoms with Gasteiger partial charge in [0.15, 0.2) is 50.2 Å². The molecule has 137 heavy (non-hydrogen) atoms. The number of hydrogen-bond acceptors (Lipinski definition) is 16. The Hall–Kier alpha value is -10.6. The summed E-state index contributed by atoms with van der Waals surface area (Å²) in [5.74, 6) is -3.56. The molecule has 0 bridgehead atoms. The predicted octanol–water partition coefficient (Wildman–Crippen LogP) is 17.5. The van der Waals surface area contributed by atoms with Crippen LogP contribution in [-0.2, 0) is 76.4 Å². The van der Waals surface area contributed by atoms with Crippen molar-refractivity contribution in [3.8, 4) is 28.7 Å².